The molecular weight excluding hydrogens is 370 g/mol. The molecule has 0 unspecified atom stereocenters. The highest BCUT2D eigenvalue weighted by molar-refractivity contribution is 6.08. The van der Waals surface area contributed by atoms with Crippen LogP contribution in [0.25, 0.3) is 11.0 Å². The van der Waals surface area contributed by atoms with Gasteiger partial charge in [0.1, 0.15) is 16.9 Å². The van der Waals surface area contributed by atoms with Crippen molar-refractivity contribution in [2.24, 2.45) is 0 Å². The summed E-state index contributed by atoms with van der Waals surface area (Å²) in [7, 11) is 0. The van der Waals surface area contributed by atoms with Crippen LogP contribution in [0.15, 0.2) is 28.7 Å². The molecule has 1 saturated heterocycles. The number of carbonyl (C=O) groups excluding carboxylic acids is 3. The smallest absolute Gasteiger partial charge is 0.325 e. The van der Waals surface area contributed by atoms with Gasteiger partial charge in [0.15, 0.2) is 0 Å². The van der Waals surface area contributed by atoms with Crippen molar-refractivity contribution in [1.29, 1.82) is 0 Å². The summed E-state index contributed by atoms with van der Waals surface area (Å²) < 4.78 is 5.91. The summed E-state index contributed by atoms with van der Waals surface area (Å²) in [6.07, 6.45) is 5.93. The maximum atomic E-state index is 12.9. The summed E-state index contributed by atoms with van der Waals surface area (Å²) in [4.78, 5) is 39.1. The summed E-state index contributed by atoms with van der Waals surface area (Å²) in [6, 6.07) is 7.14. The zero-order valence-corrected chi connectivity index (χ0v) is 16.8. The van der Waals surface area contributed by atoms with Gasteiger partial charge in [-0.25, -0.2) is 4.79 Å². The topological polar surface area (TPSA) is 91.7 Å². The number of hydrogen-bond donors (Lipinski definition) is 2. The number of imide groups is 1. The first-order valence-electron chi connectivity index (χ1n) is 10.5. The van der Waals surface area contributed by atoms with Gasteiger partial charge in [-0.05, 0) is 25.3 Å². The zero-order chi connectivity index (χ0) is 20.4. The quantitative estimate of drug-likeness (QED) is 0.701. The predicted molar refractivity (Wildman–Crippen MR) is 109 cm³/mol. The van der Waals surface area contributed by atoms with Crippen molar-refractivity contribution in [3.63, 3.8) is 0 Å². The minimum atomic E-state index is -0.713. The Morgan fingerprint density at radius 1 is 1.24 bits per heavy atom. The monoisotopic (exact) mass is 397 g/mol. The molecule has 29 heavy (non-hydrogen) atoms. The molecule has 4 rings (SSSR count). The van der Waals surface area contributed by atoms with Crippen LogP contribution in [0.3, 0.4) is 0 Å². The lowest BCUT2D eigenvalue weighted by atomic mass is 9.98. The van der Waals surface area contributed by atoms with Gasteiger partial charge in [-0.3, -0.25) is 14.5 Å². The predicted octanol–water partition coefficient (Wildman–Crippen LogP) is 3.37. The number of fused-ring (bicyclic) bond motifs is 1. The largest absolute Gasteiger partial charge is 0.460 e. The first kappa shape index (κ1) is 19.5. The van der Waals surface area contributed by atoms with E-state index >= 15 is 0 Å². The van der Waals surface area contributed by atoms with Crippen LogP contribution >= 0.6 is 0 Å². The van der Waals surface area contributed by atoms with E-state index < -0.39 is 5.54 Å². The lowest BCUT2D eigenvalue weighted by Crippen LogP contribution is -2.44. The Morgan fingerprint density at radius 3 is 2.76 bits per heavy atom. The first-order chi connectivity index (χ1) is 14.1. The molecule has 4 amide bonds. The molecule has 2 aliphatic rings. The molecule has 1 saturated carbocycles. The molecule has 1 aromatic heterocycles. The fourth-order valence-corrected chi connectivity index (χ4v) is 4.42. The average Bonchev–Trinajstić information content (AvgIpc) is 3.39. The highest BCUT2D eigenvalue weighted by Crippen LogP contribution is 2.34. The highest BCUT2D eigenvalue weighted by atomic mass is 16.3. The van der Waals surface area contributed by atoms with Crippen LogP contribution in [0, 0.1) is 0 Å². The molecule has 2 N–H and O–H groups in total. The number of aryl methyl sites for hydroxylation is 1. The third-order valence-electron chi connectivity index (χ3n) is 5.98. The highest BCUT2D eigenvalue weighted by Gasteiger charge is 2.52. The molecule has 7 nitrogen and oxygen atoms in total. The van der Waals surface area contributed by atoms with E-state index in [2.05, 4.69) is 17.6 Å². The molecule has 154 valence electrons. The normalized spacial score (nSPS) is 18.0. The van der Waals surface area contributed by atoms with E-state index in [1.807, 2.05) is 24.3 Å². The zero-order valence-electron chi connectivity index (χ0n) is 16.8. The van der Waals surface area contributed by atoms with Gasteiger partial charge in [-0.1, -0.05) is 44.4 Å². The van der Waals surface area contributed by atoms with Gasteiger partial charge in [0.05, 0.1) is 5.56 Å². The SMILES string of the molecule is CCCCc1oc2ccccc2c1C(=O)NCCN1C(=O)NC2(CCCC2)C1=O. The Morgan fingerprint density at radius 2 is 2.00 bits per heavy atom. The number of hydrogen-bond acceptors (Lipinski definition) is 4. The maximum Gasteiger partial charge on any atom is 0.325 e. The standard InChI is InChI=1S/C22H27N3O4/c1-2-3-9-17-18(15-8-4-5-10-16(15)29-17)19(26)23-13-14-25-20(27)22(24-21(25)28)11-6-7-12-22/h4-5,8,10H,2-3,6-7,9,11-14H2,1H3,(H,23,26)(H,24,28). The van der Waals surface area contributed by atoms with Crippen molar-refractivity contribution in [2.45, 2.75) is 57.4 Å². The molecular formula is C22H27N3O4. The molecule has 0 bridgehead atoms. The Balaban J connectivity index is 1.44. The number of unbranched alkanes of at least 4 members (excludes halogenated alkanes) is 1. The summed E-state index contributed by atoms with van der Waals surface area (Å²) in [5, 5.41) is 6.52. The van der Waals surface area contributed by atoms with E-state index in [1.54, 1.807) is 0 Å². The maximum absolute atomic E-state index is 12.9. The average molecular weight is 397 g/mol. The van der Waals surface area contributed by atoms with Crippen LogP contribution in [0.1, 0.15) is 61.6 Å². The van der Waals surface area contributed by atoms with Crippen LogP contribution in [0.4, 0.5) is 4.79 Å². The third kappa shape index (κ3) is 3.50. The minimum Gasteiger partial charge on any atom is -0.460 e. The van der Waals surface area contributed by atoms with Gasteiger partial charge >= 0.3 is 6.03 Å². The minimum absolute atomic E-state index is 0.161. The van der Waals surface area contributed by atoms with Crippen LogP contribution < -0.4 is 10.6 Å². The number of para-hydroxylation sites is 1. The lowest BCUT2D eigenvalue weighted by Gasteiger charge is -2.20. The van der Waals surface area contributed by atoms with Gasteiger partial charge in [0.2, 0.25) is 0 Å². The number of urea groups is 1. The van der Waals surface area contributed by atoms with Gasteiger partial charge in [0, 0.05) is 24.9 Å². The molecule has 7 heteroatoms. The summed E-state index contributed by atoms with van der Waals surface area (Å²) in [6.45, 7) is 2.47. The van der Waals surface area contributed by atoms with E-state index in [9.17, 15) is 14.4 Å². The van der Waals surface area contributed by atoms with Crippen molar-refractivity contribution in [1.82, 2.24) is 15.5 Å². The molecule has 2 fully saturated rings. The van der Waals surface area contributed by atoms with Crippen LogP contribution in [0.5, 0.6) is 0 Å². The van der Waals surface area contributed by atoms with Crippen LogP contribution in [-0.2, 0) is 11.2 Å². The number of rotatable bonds is 7. The van der Waals surface area contributed by atoms with Crippen molar-refractivity contribution >= 4 is 28.8 Å². The van der Waals surface area contributed by atoms with E-state index in [-0.39, 0.29) is 30.9 Å². The second-order valence-electron chi connectivity index (χ2n) is 7.93. The molecule has 1 aliphatic heterocycles. The van der Waals surface area contributed by atoms with Gasteiger partial charge in [0.25, 0.3) is 11.8 Å². The van der Waals surface area contributed by atoms with Crippen molar-refractivity contribution < 1.29 is 18.8 Å². The third-order valence-corrected chi connectivity index (χ3v) is 5.98. The Hall–Kier alpha value is -2.83. The van der Waals surface area contributed by atoms with Crippen LogP contribution in [-0.4, -0.2) is 41.4 Å². The molecule has 0 atom stereocenters. The first-order valence-corrected chi connectivity index (χ1v) is 10.5. The second kappa shape index (κ2) is 7.89. The van der Waals surface area contributed by atoms with Gasteiger partial charge < -0.3 is 15.1 Å². The van der Waals surface area contributed by atoms with Gasteiger partial charge in [-0.2, -0.15) is 0 Å². The van der Waals surface area contributed by atoms with Gasteiger partial charge in [-0.15, -0.1) is 0 Å². The Labute approximate surface area is 169 Å². The summed E-state index contributed by atoms with van der Waals surface area (Å²) in [5.74, 6) is 0.292. The van der Waals surface area contributed by atoms with E-state index in [0.29, 0.717) is 36.2 Å². The molecule has 0 radical (unpaired) electrons. The van der Waals surface area contributed by atoms with E-state index in [0.717, 1.165) is 31.1 Å². The molecule has 1 aliphatic carbocycles. The number of nitrogens with zero attached hydrogens (tertiary/aromatic N) is 1. The summed E-state index contributed by atoms with van der Waals surface area (Å²) >= 11 is 0. The number of amides is 4. The molecule has 2 aromatic rings. The molecule has 1 spiro atoms. The van der Waals surface area contributed by atoms with Crippen molar-refractivity contribution in [3.05, 3.63) is 35.6 Å². The van der Waals surface area contributed by atoms with Crippen LogP contribution in [0.2, 0.25) is 0 Å². The molecule has 1 aromatic carbocycles. The van der Waals surface area contributed by atoms with E-state index in [4.69, 9.17) is 4.42 Å². The fraction of sp³-hybridized carbons (Fsp3) is 0.500. The number of carbonyl (C=O) groups is 3. The molecule has 2 heterocycles. The second-order valence-corrected chi connectivity index (χ2v) is 7.93. The van der Waals surface area contributed by atoms with Crippen molar-refractivity contribution in [2.75, 3.05) is 13.1 Å². The number of benzene rings is 1. The lowest BCUT2D eigenvalue weighted by molar-refractivity contribution is -0.131. The van der Waals surface area contributed by atoms with Crippen molar-refractivity contribution in [3.8, 4) is 0 Å². The Bertz CT molecular complexity index is 943. The summed E-state index contributed by atoms with van der Waals surface area (Å²) in [5.41, 5.74) is 0.536. The Kier molecular flexibility index (Phi) is 5.30. The fourth-order valence-electron chi connectivity index (χ4n) is 4.42. The number of furan rings is 1. The van der Waals surface area contributed by atoms with E-state index in [1.165, 1.54) is 4.90 Å². The number of nitrogens with one attached hydrogen (secondary N) is 2.